The molecule has 0 heterocycles. The third kappa shape index (κ3) is 4.99. The van der Waals surface area contributed by atoms with Gasteiger partial charge in [-0.2, -0.15) is 5.10 Å². The van der Waals surface area contributed by atoms with E-state index in [2.05, 4.69) is 31.8 Å². The largest absolute Gasteiger partial charge is 0.329 e. The Bertz CT molecular complexity index is 805. The van der Waals surface area contributed by atoms with Gasteiger partial charge in [-0.05, 0) is 35.9 Å². The number of carbonyl (C=O) groups excluding carboxylic acids is 2. The lowest BCUT2D eigenvalue weighted by molar-refractivity contribution is -0.384. The number of hydrogen-bond acceptors (Lipinski definition) is 5. The first-order valence-corrected chi connectivity index (χ1v) is 7.39. The van der Waals surface area contributed by atoms with Gasteiger partial charge in [-0.25, -0.2) is 5.43 Å². The molecule has 0 saturated heterocycles. The molecule has 2 aromatic rings. The van der Waals surface area contributed by atoms with Gasteiger partial charge < -0.3 is 5.32 Å². The molecule has 2 amide bonds. The van der Waals surface area contributed by atoms with E-state index in [1.54, 1.807) is 24.3 Å². The van der Waals surface area contributed by atoms with Crippen molar-refractivity contribution in [2.45, 2.75) is 0 Å². The number of nitro benzene ring substituents is 1. The second kappa shape index (κ2) is 7.97. The first kappa shape index (κ1) is 17.3. The van der Waals surface area contributed by atoms with Crippen LogP contribution in [0.1, 0.15) is 5.56 Å². The summed E-state index contributed by atoms with van der Waals surface area (Å²) in [6, 6.07) is 12.3. The fourth-order valence-corrected chi connectivity index (χ4v) is 2.05. The Labute approximate surface area is 144 Å². The second-order valence-electron chi connectivity index (χ2n) is 4.51. The molecule has 24 heavy (non-hydrogen) atoms. The highest BCUT2D eigenvalue weighted by Crippen LogP contribution is 2.15. The van der Waals surface area contributed by atoms with Crippen molar-refractivity contribution in [2.75, 3.05) is 5.32 Å². The van der Waals surface area contributed by atoms with Crippen LogP contribution >= 0.6 is 15.9 Å². The number of amides is 2. The van der Waals surface area contributed by atoms with E-state index in [0.717, 1.165) is 4.47 Å². The minimum Gasteiger partial charge on any atom is -0.318 e. The molecule has 0 atom stereocenters. The molecule has 8 nitrogen and oxygen atoms in total. The van der Waals surface area contributed by atoms with Crippen molar-refractivity contribution < 1.29 is 14.5 Å². The highest BCUT2D eigenvalue weighted by Gasteiger charge is 2.12. The third-order valence-electron chi connectivity index (χ3n) is 2.77. The lowest BCUT2D eigenvalue weighted by atomic mass is 10.2. The van der Waals surface area contributed by atoms with E-state index in [4.69, 9.17) is 0 Å². The summed E-state index contributed by atoms with van der Waals surface area (Å²) in [5, 5.41) is 16.6. The number of nitrogens with zero attached hydrogens (tertiary/aromatic N) is 2. The van der Waals surface area contributed by atoms with Crippen molar-refractivity contribution in [3.63, 3.8) is 0 Å². The number of halogens is 1. The maximum Gasteiger partial charge on any atom is 0.329 e. The summed E-state index contributed by atoms with van der Waals surface area (Å²) in [4.78, 5) is 33.3. The van der Waals surface area contributed by atoms with E-state index in [0.29, 0.717) is 11.3 Å². The summed E-state index contributed by atoms with van der Waals surface area (Å²) >= 11 is 3.25. The highest BCUT2D eigenvalue weighted by atomic mass is 79.9. The van der Waals surface area contributed by atoms with Gasteiger partial charge in [0.05, 0.1) is 11.1 Å². The fourth-order valence-electron chi connectivity index (χ4n) is 1.65. The van der Waals surface area contributed by atoms with E-state index in [1.807, 2.05) is 0 Å². The first-order chi connectivity index (χ1) is 11.5. The van der Waals surface area contributed by atoms with Crippen LogP contribution in [0.4, 0.5) is 11.4 Å². The maximum absolute atomic E-state index is 11.7. The Morgan fingerprint density at radius 2 is 1.83 bits per heavy atom. The molecule has 0 aromatic heterocycles. The average molecular weight is 391 g/mol. The van der Waals surface area contributed by atoms with Gasteiger partial charge in [0.1, 0.15) is 0 Å². The third-order valence-corrected chi connectivity index (χ3v) is 3.27. The molecule has 0 saturated carbocycles. The molecular formula is C15H11BrN4O4. The van der Waals surface area contributed by atoms with Gasteiger partial charge in [0.25, 0.3) is 5.69 Å². The number of rotatable bonds is 4. The molecule has 0 spiro atoms. The van der Waals surface area contributed by atoms with Crippen molar-refractivity contribution in [2.24, 2.45) is 5.10 Å². The molecule has 0 bridgehead atoms. The van der Waals surface area contributed by atoms with Crippen molar-refractivity contribution in [1.82, 2.24) is 5.43 Å². The maximum atomic E-state index is 11.7. The summed E-state index contributed by atoms with van der Waals surface area (Å²) in [7, 11) is 0. The first-order valence-electron chi connectivity index (χ1n) is 6.60. The summed E-state index contributed by atoms with van der Waals surface area (Å²) in [6.07, 6.45) is 1.27. The van der Waals surface area contributed by atoms with Crippen molar-refractivity contribution in [3.8, 4) is 0 Å². The van der Waals surface area contributed by atoms with Crippen LogP contribution < -0.4 is 10.7 Å². The van der Waals surface area contributed by atoms with Crippen LogP contribution in [0.3, 0.4) is 0 Å². The van der Waals surface area contributed by atoms with E-state index in [9.17, 15) is 19.7 Å². The highest BCUT2D eigenvalue weighted by molar-refractivity contribution is 9.10. The van der Waals surface area contributed by atoms with Gasteiger partial charge in [-0.15, -0.1) is 0 Å². The predicted octanol–water partition coefficient (Wildman–Crippen LogP) is 2.45. The predicted molar refractivity (Wildman–Crippen MR) is 91.6 cm³/mol. The van der Waals surface area contributed by atoms with E-state index in [1.165, 1.54) is 30.5 Å². The molecule has 9 heteroatoms. The fraction of sp³-hybridized carbons (Fsp3) is 0. The molecule has 0 radical (unpaired) electrons. The van der Waals surface area contributed by atoms with Crippen molar-refractivity contribution in [3.05, 3.63) is 68.7 Å². The normalized spacial score (nSPS) is 10.4. The Hall–Kier alpha value is -3.07. The number of anilines is 1. The quantitative estimate of drug-likeness (QED) is 0.361. The summed E-state index contributed by atoms with van der Waals surface area (Å²) < 4.78 is 0.761. The number of hydrazone groups is 1. The number of hydrogen-bond donors (Lipinski definition) is 2. The van der Waals surface area contributed by atoms with Gasteiger partial charge in [-0.1, -0.05) is 22.0 Å². The van der Waals surface area contributed by atoms with Gasteiger partial charge in [0, 0.05) is 22.3 Å². The average Bonchev–Trinajstić information content (AvgIpc) is 2.55. The van der Waals surface area contributed by atoms with E-state index in [-0.39, 0.29) is 5.69 Å². The Kier molecular flexibility index (Phi) is 5.74. The molecule has 0 aliphatic rings. The number of carbonyl (C=O) groups is 2. The summed E-state index contributed by atoms with van der Waals surface area (Å²) in [6.45, 7) is 0. The van der Waals surface area contributed by atoms with Crippen molar-refractivity contribution >= 4 is 45.3 Å². The zero-order valence-corrected chi connectivity index (χ0v) is 13.7. The topological polar surface area (TPSA) is 114 Å². The van der Waals surface area contributed by atoms with Gasteiger partial charge in [-0.3, -0.25) is 19.7 Å². The van der Waals surface area contributed by atoms with Gasteiger partial charge in [0.15, 0.2) is 0 Å². The van der Waals surface area contributed by atoms with E-state index < -0.39 is 16.7 Å². The lowest BCUT2D eigenvalue weighted by Crippen LogP contribution is -2.32. The Balaban J connectivity index is 1.89. The smallest absolute Gasteiger partial charge is 0.318 e. The van der Waals surface area contributed by atoms with Crippen LogP contribution in [0.5, 0.6) is 0 Å². The molecule has 2 aromatic carbocycles. The molecular weight excluding hydrogens is 380 g/mol. The number of benzene rings is 2. The SMILES string of the molecule is O=C(N/N=C\c1ccc([N+](=O)[O-])cc1)C(=O)Nc1cccc(Br)c1. The van der Waals surface area contributed by atoms with Crippen LogP contribution in [-0.2, 0) is 9.59 Å². The molecule has 2 rings (SSSR count). The van der Waals surface area contributed by atoms with Gasteiger partial charge in [0.2, 0.25) is 0 Å². The Morgan fingerprint density at radius 1 is 1.12 bits per heavy atom. The monoisotopic (exact) mass is 390 g/mol. The van der Waals surface area contributed by atoms with Crippen LogP contribution in [0.15, 0.2) is 58.1 Å². The summed E-state index contributed by atoms with van der Waals surface area (Å²) in [5.74, 6) is -1.80. The van der Waals surface area contributed by atoms with E-state index >= 15 is 0 Å². The zero-order valence-electron chi connectivity index (χ0n) is 12.1. The molecule has 2 N–H and O–H groups in total. The van der Waals surface area contributed by atoms with Crippen LogP contribution in [-0.4, -0.2) is 23.0 Å². The van der Waals surface area contributed by atoms with Gasteiger partial charge >= 0.3 is 11.8 Å². The lowest BCUT2D eigenvalue weighted by Gasteiger charge is -2.04. The minimum atomic E-state index is -0.937. The Morgan fingerprint density at radius 3 is 2.46 bits per heavy atom. The number of nitrogens with one attached hydrogen (secondary N) is 2. The van der Waals surface area contributed by atoms with Crippen molar-refractivity contribution in [1.29, 1.82) is 0 Å². The molecule has 0 unspecified atom stereocenters. The molecule has 0 aliphatic carbocycles. The molecule has 0 fully saturated rings. The van der Waals surface area contributed by atoms with Crippen LogP contribution in [0.25, 0.3) is 0 Å². The second-order valence-corrected chi connectivity index (χ2v) is 5.43. The van der Waals surface area contributed by atoms with Crippen LogP contribution in [0.2, 0.25) is 0 Å². The molecule has 122 valence electrons. The minimum absolute atomic E-state index is 0.0513. The number of nitro groups is 1. The summed E-state index contributed by atoms with van der Waals surface area (Å²) in [5.41, 5.74) is 3.02. The van der Waals surface area contributed by atoms with Crippen LogP contribution in [0, 0.1) is 10.1 Å². The molecule has 0 aliphatic heterocycles. The standard InChI is InChI=1S/C15H11BrN4O4/c16-11-2-1-3-12(8-11)18-14(21)15(22)19-17-9-10-4-6-13(7-5-10)20(23)24/h1-9H,(H,18,21)(H,19,22)/b17-9-. The zero-order chi connectivity index (χ0) is 17.5. The number of non-ortho nitro benzene ring substituents is 1.